The van der Waals surface area contributed by atoms with Crippen LogP contribution in [0.15, 0.2) is 30.0 Å². The highest BCUT2D eigenvalue weighted by Gasteiger charge is 2.14. The maximum Gasteiger partial charge on any atom is 0.267 e. The van der Waals surface area contributed by atoms with Crippen molar-refractivity contribution < 1.29 is 24.5 Å². The van der Waals surface area contributed by atoms with Crippen LogP contribution in [-0.2, 0) is 4.79 Å². The first kappa shape index (κ1) is 19.3. The van der Waals surface area contributed by atoms with E-state index in [0.29, 0.717) is 17.2 Å². The average Bonchev–Trinajstić information content (AvgIpc) is 2.59. The number of methoxy groups -OCH3 is 2. The molecule has 0 aliphatic rings. The van der Waals surface area contributed by atoms with E-state index in [0.717, 1.165) is 0 Å². The minimum atomic E-state index is -0.634. The van der Waals surface area contributed by atoms with Crippen LogP contribution >= 0.6 is 0 Å². The number of carbonyl (C=O) groups is 1. The van der Waals surface area contributed by atoms with E-state index in [1.807, 2.05) is 6.07 Å². The Labute approximate surface area is 140 Å². The van der Waals surface area contributed by atoms with Gasteiger partial charge in [-0.25, -0.2) is 0 Å². The molecule has 1 rings (SSSR count). The van der Waals surface area contributed by atoms with Crippen molar-refractivity contribution in [2.24, 2.45) is 0 Å². The first-order valence-electron chi connectivity index (χ1n) is 7.20. The second-order valence-corrected chi connectivity index (χ2v) is 4.66. The van der Waals surface area contributed by atoms with Crippen molar-refractivity contribution in [3.05, 3.63) is 30.0 Å². The molecule has 0 unspecified atom stereocenters. The third-order valence-corrected chi connectivity index (χ3v) is 3.11. The Kier molecular flexibility index (Phi) is 8.11. The fraction of sp³-hybridized carbons (Fsp3) is 0.375. The van der Waals surface area contributed by atoms with Crippen molar-refractivity contribution in [3.63, 3.8) is 0 Å². The van der Waals surface area contributed by atoms with Crippen molar-refractivity contribution in [2.75, 3.05) is 45.8 Å². The molecule has 0 saturated heterocycles. The van der Waals surface area contributed by atoms with Crippen LogP contribution in [0.5, 0.6) is 11.5 Å². The molecule has 1 aromatic rings. The number of hydrogen-bond donors (Lipinski definition) is 3. The molecule has 0 spiro atoms. The molecule has 0 aliphatic carbocycles. The normalized spacial score (nSPS) is 10.7. The number of nitrogens with one attached hydrogen (secondary N) is 1. The van der Waals surface area contributed by atoms with E-state index >= 15 is 0 Å². The predicted octanol–water partition coefficient (Wildman–Crippen LogP) is 0.336. The summed E-state index contributed by atoms with van der Waals surface area (Å²) in [6.07, 6.45) is 1.30. The minimum absolute atomic E-state index is 0.165. The molecule has 8 heteroatoms. The van der Waals surface area contributed by atoms with E-state index < -0.39 is 5.91 Å². The lowest BCUT2D eigenvalue weighted by atomic mass is 10.2. The van der Waals surface area contributed by atoms with Gasteiger partial charge in [0.15, 0.2) is 0 Å². The summed E-state index contributed by atoms with van der Waals surface area (Å²) in [4.78, 5) is 13.8. The molecule has 1 aromatic carbocycles. The summed E-state index contributed by atoms with van der Waals surface area (Å²) in [6.45, 7) is 0.0596. The van der Waals surface area contributed by atoms with Gasteiger partial charge in [0, 0.05) is 25.4 Å². The third-order valence-electron chi connectivity index (χ3n) is 3.11. The van der Waals surface area contributed by atoms with Crippen LogP contribution < -0.4 is 14.8 Å². The summed E-state index contributed by atoms with van der Waals surface area (Å²) in [5, 5.41) is 29.8. The van der Waals surface area contributed by atoms with E-state index in [1.165, 1.54) is 25.3 Å². The number of aliphatic hydroxyl groups is 2. The Hall–Kier alpha value is -2.76. The largest absolute Gasteiger partial charge is 0.497 e. The Morgan fingerprint density at radius 3 is 2.46 bits per heavy atom. The summed E-state index contributed by atoms with van der Waals surface area (Å²) in [5.74, 6) is 0.310. The quantitative estimate of drug-likeness (QED) is 0.440. The predicted molar refractivity (Wildman–Crippen MR) is 87.6 cm³/mol. The highest BCUT2D eigenvalue weighted by Crippen LogP contribution is 2.29. The molecule has 24 heavy (non-hydrogen) atoms. The molecule has 8 nitrogen and oxygen atoms in total. The maximum absolute atomic E-state index is 12.3. The van der Waals surface area contributed by atoms with Gasteiger partial charge >= 0.3 is 0 Å². The highest BCUT2D eigenvalue weighted by atomic mass is 16.5. The Morgan fingerprint density at radius 1 is 1.29 bits per heavy atom. The van der Waals surface area contributed by atoms with Gasteiger partial charge in [0.2, 0.25) is 0 Å². The van der Waals surface area contributed by atoms with E-state index in [9.17, 15) is 10.1 Å². The van der Waals surface area contributed by atoms with Gasteiger partial charge in [0.1, 0.15) is 23.1 Å². The van der Waals surface area contributed by atoms with Crippen molar-refractivity contribution >= 4 is 11.6 Å². The lowest BCUT2D eigenvalue weighted by Gasteiger charge is -2.18. The molecule has 0 atom stereocenters. The van der Waals surface area contributed by atoms with Crippen LogP contribution in [-0.4, -0.2) is 61.5 Å². The summed E-state index contributed by atoms with van der Waals surface area (Å²) < 4.78 is 10.3. The second-order valence-electron chi connectivity index (χ2n) is 4.66. The molecule has 0 fully saturated rings. The molecule has 0 radical (unpaired) electrons. The number of nitriles is 1. The Morgan fingerprint density at radius 2 is 1.96 bits per heavy atom. The van der Waals surface area contributed by atoms with Gasteiger partial charge in [0.25, 0.3) is 5.91 Å². The van der Waals surface area contributed by atoms with Gasteiger partial charge in [-0.05, 0) is 12.1 Å². The molecule has 0 aromatic heterocycles. The maximum atomic E-state index is 12.3. The average molecular weight is 335 g/mol. The van der Waals surface area contributed by atoms with Gasteiger partial charge in [-0.15, -0.1) is 0 Å². The lowest BCUT2D eigenvalue weighted by Crippen LogP contribution is -2.26. The first-order chi connectivity index (χ1) is 11.6. The van der Waals surface area contributed by atoms with Gasteiger partial charge in [-0.3, -0.25) is 4.79 Å². The Balaban J connectivity index is 3.01. The fourth-order valence-corrected chi connectivity index (χ4v) is 1.92. The SMILES string of the molecule is COc1ccc(OC)c(NC(=O)/C(C#N)=C\N(CCO)CCO)c1. The second kappa shape index (κ2) is 10.1. The van der Waals surface area contributed by atoms with Crippen molar-refractivity contribution in [1.29, 1.82) is 5.26 Å². The summed E-state index contributed by atoms with van der Waals surface area (Å²) >= 11 is 0. The van der Waals surface area contributed by atoms with E-state index in [-0.39, 0.29) is 31.9 Å². The smallest absolute Gasteiger partial charge is 0.267 e. The summed E-state index contributed by atoms with van der Waals surface area (Å²) in [5.41, 5.74) is 0.195. The molecule has 130 valence electrons. The number of benzene rings is 1. The van der Waals surface area contributed by atoms with Crippen LogP contribution in [0.1, 0.15) is 0 Å². The number of amides is 1. The topological polar surface area (TPSA) is 115 Å². The van der Waals surface area contributed by atoms with Gasteiger partial charge in [-0.1, -0.05) is 0 Å². The number of aliphatic hydroxyl groups excluding tert-OH is 2. The number of nitrogens with zero attached hydrogens (tertiary/aromatic N) is 2. The highest BCUT2D eigenvalue weighted by molar-refractivity contribution is 6.07. The van der Waals surface area contributed by atoms with Crippen molar-refractivity contribution in [1.82, 2.24) is 4.90 Å². The zero-order chi connectivity index (χ0) is 17.9. The molecule has 0 aliphatic heterocycles. The van der Waals surface area contributed by atoms with Crippen LogP contribution in [0.25, 0.3) is 0 Å². The third kappa shape index (κ3) is 5.46. The van der Waals surface area contributed by atoms with Gasteiger partial charge in [0.05, 0.1) is 33.1 Å². The minimum Gasteiger partial charge on any atom is -0.497 e. The molecule has 3 N–H and O–H groups in total. The zero-order valence-corrected chi connectivity index (χ0v) is 13.7. The van der Waals surface area contributed by atoms with Crippen LogP contribution in [0.4, 0.5) is 5.69 Å². The number of rotatable bonds is 9. The molecule has 0 bridgehead atoms. The van der Waals surface area contributed by atoms with Crippen molar-refractivity contribution in [3.8, 4) is 17.6 Å². The molecular weight excluding hydrogens is 314 g/mol. The van der Waals surface area contributed by atoms with E-state index in [4.69, 9.17) is 19.7 Å². The van der Waals surface area contributed by atoms with Gasteiger partial charge in [-0.2, -0.15) is 5.26 Å². The first-order valence-corrected chi connectivity index (χ1v) is 7.20. The standard InChI is InChI=1S/C16H21N3O5/c1-23-13-3-4-15(24-2)14(9-13)18-16(22)12(10-17)11-19(5-7-20)6-8-21/h3-4,9,11,20-21H,5-8H2,1-2H3,(H,18,22)/b12-11-. The van der Waals surface area contributed by atoms with Crippen LogP contribution in [0.2, 0.25) is 0 Å². The molecule has 0 heterocycles. The van der Waals surface area contributed by atoms with E-state index in [1.54, 1.807) is 18.2 Å². The molecular formula is C16H21N3O5. The monoisotopic (exact) mass is 335 g/mol. The number of ether oxygens (including phenoxy) is 2. The van der Waals surface area contributed by atoms with E-state index in [2.05, 4.69) is 5.32 Å². The number of anilines is 1. The van der Waals surface area contributed by atoms with Crippen LogP contribution in [0, 0.1) is 11.3 Å². The van der Waals surface area contributed by atoms with Crippen molar-refractivity contribution in [2.45, 2.75) is 0 Å². The summed E-state index contributed by atoms with van der Waals surface area (Å²) in [7, 11) is 2.96. The summed E-state index contributed by atoms with van der Waals surface area (Å²) in [6, 6.07) is 6.70. The lowest BCUT2D eigenvalue weighted by molar-refractivity contribution is -0.112. The molecule has 0 saturated carbocycles. The fourth-order valence-electron chi connectivity index (χ4n) is 1.92. The number of carbonyl (C=O) groups excluding carboxylic acids is 1. The van der Waals surface area contributed by atoms with Crippen LogP contribution in [0.3, 0.4) is 0 Å². The number of hydrogen-bond acceptors (Lipinski definition) is 7. The molecule has 1 amide bonds. The zero-order valence-electron chi connectivity index (χ0n) is 13.7. The Bertz CT molecular complexity index is 619. The van der Waals surface area contributed by atoms with Gasteiger partial charge < -0.3 is 29.9 Å².